The van der Waals surface area contributed by atoms with Gasteiger partial charge in [0, 0.05) is 18.7 Å². The quantitative estimate of drug-likeness (QED) is 0.801. The van der Waals surface area contributed by atoms with Gasteiger partial charge in [0.2, 0.25) is 0 Å². The molecule has 1 rings (SSSR count). The molecule has 0 saturated carbocycles. The van der Waals surface area contributed by atoms with Crippen LogP contribution in [0.3, 0.4) is 0 Å². The van der Waals surface area contributed by atoms with E-state index in [1.165, 1.54) is 12.1 Å². The molecule has 1 aromatic rings. The van der Waals surface area contributed by atoms with Crippen LogP contribution in [0.5, 0.6) is 5.75 Å². The third kappa shape index (κ3) is 3.47. The van der Waals surface area contributed by atoms with Gasteiger partial charge in [-0.2, -0.15) is 0 Å². The maximum absolute atomic E-state index is 13.3. The summed E-state index contributed by atoms with van der Waals surface area (Å²) in [7, 11) is 3.72. The number of hydrogen-bond acceptors (Lipinski definition) is 3. The summed E-state index contributed by atoms with van der Waals surface area (Å²) in [5, 5.41) is 18.6. The lowest BCUT2D eigenvalue weighted by Gasteiger charge is -2.14. The third-order valence-electron chi connectivity index (χ3n) is 2.32. The molecule has 0 saturated heterocycles. The molecule has 4 heteroatoms. The highest BCUT2D eigenvalue weighted by Gasteiger charge is 2.10. The van der Waals surface area contributed by atoms with Crippen LogP contribution in [-0.2, 0) is 13.0 Å². The Bertz CT molecular complexity index is 353. The summed E-state index contributed by atoms with van der Waals surface area (Å²) in [5.74, 6) is -0.203. The molecule has 0 atom stereocenters. The summed E-state index contributed by atoms with van der Waals surface area (Å²) >= 11 is 0. The molecule has 0 unspecified atom stereocenters. The number of halogens is 1. The first kappa shape index (κ1) is 12.9. The predicted octanol–water partition coefficient (Wildman–Crippen LogP) is 1.52. The molecule has 0 aliphatic carbocycles. The van der Waals surface area contributed by atoms with E-state index in [0.717, 1.165) is 0 Å². The Morgan fingerprint density at radius 3 is 2.44 bits per heavy atom. The fraction of sp³-hybridized carbons (Fsp3) is 0.500. The number of rotatable bonds is 5. The minimum Gasteiger partial charge on any atom is -0.507 e. The number of aliphatic hydroxyl groups excluding tert-OH is 1. The second-order valence-corrected chi connectivity index (χ2v) is 4.14. The molecule has 1 aromatic carbocycles. The molecule has 2 N–H and O–H groups in total. The van der Waals surface area contributed by atoms with Crippen LogP contribution in [0, 0.1) is 5.82 Å². The average molecular weight is 227 g/mol. The monoisotopic (exact) mass is 227 g/mol. The second kappa shape index (κ2) is 5.82. The molecule has 3 nitrogen and oxygen atoms in total. The molecule has 16 heavy (non-hydrogen) atoms. The Labute approximate surface area is 95.1 Å². The van der Waals surface area contributed by atoms with Crippen molar-refractivity contribution in [2.45, 2.75) is 19.4 Å². The van der Waals surface area contributed by atoms with Crippen molar-refractivity contribution in [3.63, 3.8) is 0 Å². The lowest BCUT2D eigenvalue weighted by atomic mass is 10.0. The second-order valence-electron chi connectivity index (χ2n) is 4.14. The van der Waals surface area contributed by atoms with E-state index >= 15 is 0 Å². The van der Waals surface area contributed by atoms with E-state index in [9.17, 15) is 9.50 Å². The van der Waals surface area contributed by atoms with Gasteiger partial charge in [0.05, 0.1) is 0 Å². The minimum atomic E-state index is -0.345. The van der Waals surface area contributed by atoms with Gasteiger partial charge in [-0.3, -0.25) is 0 Å². The topological polar surface area (TPSA) is 43.7 Å². The summed E-state index contributed by atoms with van der Waals surface area (Å²) in [4.78, 5) is 1.87. The summed E-state index contributed by atoms with van der Waals surface area (Å²) in [6.45, 7) is 0.536. The molecule has 0 spiro atoms. The van der Waals surface area contributed by atoms with Crippen molar-refractivity contribution in [3.05, 3.63) is 29.1 Å². The molecular weight excluding hydrogens is 209 g/mol. The van der Waals surface area contributed by atoms with E-state index < -0.39 is 0 Å². The molecular formula is C12H18FNO2. The smallest absolute Gasteiger partial charge is 0.124 e. The van der Waals surface area contributed by atoms with Crippen LogP contribution in [0.1, 0.15) is 17.5 Å². The van der Waals surface area contributed by atoms with Crippen LogP contribution >= 0.6 is 0 Å². The van der Waals surface area contributed by atoms with Gasteiger partial charge in [-0.1, -0.05) is 0 Å². The number of aromatic hydroxyl groups is 1. The average Bonchev–Trinajstić information content (AvgIpc) is 2.20. The van der Waals surface area contributed by atoms with Crippen LogP contribution in [0.4, 0.5) is 4.39 Å². The van der Waals surface area contributed by atoms with Gasteiger partial charge in [0.25, 0.3) is 0 Å². The van der Waals surface area contributed by atoms with Crippen molar-refractivity contribution < 1.29 is 14.6 Å². The first-order valence-electron chi connectivity index (χ1n) is 5.30. The molecule has 0 amide bonds. The van der Waals surface area contributed by atoms with Crippen molar-refractivity contribution in [1.29, 1.82) is 0 Å². The van der Waals surface area contributed by atoms with Crippen molar-refractivity contribution >= 4 is 0 Å². The maximum atomic E-state index is 13.3. The van der Waals surface area contributed by atoms with Gasteiger partial charge >= 0.3 is 0 Å². The van der Waals surface area contributed by atoms with E-state index in [4.69, 9.17) is 5.11 Å². The Balaban J connectivity index is 2.95. The van der Waals surface area contributed by atoms with Crippen molar-refractivity contribution in [3.8, 4) is 5.75 Å². The van der Waals surface area contributed by atoms with Crippen molar-refractivity contribution in [1.82, 2.24) is 4.90 Å². The summed E-state index contributed by atoms with van der Waals surface area (Å²) < 4.78 is 13.3. The highest BCUT2D eigenvalue weighted by atomic mass is 19.1. The lowest BCUT2D eigenvalue weighted by Crippen LogP contribution is -2.11. The highest BCUT2D eigenvalue weighted by molar-refractivity contribution is 5.41. The lowest BCUT2D eigenvalue weighted by molar-refractivity contribution is 0.287. The number of hydrogen-bond donors (Lipinski definition) is 2. The largest absolute Gasteiger partial charge is 0.507 e. The summed E-state index contributed by atoms with van der Waals surface area (Å²) in [6.07, 6.45) is 1.01. The van der Waals surface area contributed by atoms with Crippen LogP contribution in [-0.4, -0.2) is 35.8 Å². The normalized spacial score (nSPS) is 11.1. The molecule has 90 valence electrons. The Morgan fingerprint density at radius 1 is 1.25 bits per heavy atom. The Kier molecular flexibility index (Phi) is 4.71. The Morgan fingerprint density at radius 2 is 1.88 bits per heavy atom. The van der Waals surface area contributed by atoms with Gasteiger partial charge in [-0.15, -0.1) is 0 Å². The van der Waals surface area contributed by atoms with E-state index in [-0.39, 0.29) is 18.2 Å². The zero-order valence-electron chi connectivity index (χ0n) is 9.70. The fourth-order valence-corrected chi connectivity index (χ4v) is 1.64. The zero-order chi connectivity index (χ0) is 12.1. The van der Waals surface area contributed by atoms with Gasteiger partial charge in [0.1, 0.15) is 11.6 Å². The van der Waals surface area contributed by atoms with Crippen LogP contribution < -0.4 is 0 Å². The van der Waals surface area contributed by atoms with Crippen LogP contribution in [0.25, 0.3) is 0 Å². The molecule has 0 aliphatic rings. The first-order valence-corrected chi connectivity index (χ1v) is 5.30. The van der Waals surface area contributed by atoms with E-state index in [1.807, 2.05) is 19.0 Å². The summed E-state index contributed by atoms with van der Waals surface area (Å²) in [5.41, 5.74) is 1.14. The highest BCUT2D eigenvalue weighted by Crippen LogP contribution is 2.26. The molecule has 0 aromatic heterocycles. The predicted molar refractivity (Wildman–Crippen MR) is 60.9 cm³/mol. The standard InChI is InChI=1S/C12H18FNO2/c1-14(2)8-10-7-11(13)6-9(12(10)16)4-3-5-15/h6-7,15-16H,3-5,8H2,1-2H3. The Hall–Kier alpha value is -1.13. The van der Waals surface area contributed by atoms with E-state index in [0.29, 0.717) is 30.5 Å². The number of phenolic OH excluding ortho intramolecular Hbond substituents is 1. The number of nitrogens with zero attached hydrogens (tertiary/aromatic N) is 1. The van der Waals surface area contributed by atoms with Crippen molar-refractivity contribution in [2.24, 2.45) is 0 Å². The number of benzene rings is 1. The van der Waals surface area contributed by atoms with Gasteiger partial charge in [0.15, 0.2) is 0 Å². The molecule has 0 bridgehead atoms. The van der Waals surface area contributed by atoms with E-state index in [2.05, 4.69) is 0 Å². The van der Waals surface area contributed by atoms with E-state index in [1.54, 1.807) is 0 Å². The SMILES string of the molecule is CN(C)Cc1cc(F)cc(CCCO)c1O. The molecule has 0 fully saturated rings. The fourth-order valence-electron chi connectivity index (χ4n) is 1.64. The molecule has 0 aliphatic heterocycles. The molecule has 0 radical (unpaired) electrons. The van der Waals surface area contributed by atoms with Crippen molar-refractivity contribution in [2.75, 3.05) is 20.7 Å². The number of phenols is 1. The third-order valence-corrected chi connectivity index (χ3v) is 2.32. The van der Waals surface area contributed by atoms with Crippen LogP contribution in [0.2, 0.25) is 0 Å². The van der Waals surface area contributed by atoms with Gasteiger partial charge in [-0.05, 0) is 44.6 Å². The maximum Gasteiger partial charge on any atom is 0.124 e. The first-order chi connectivity index (χ1) is 7.54. The van der Waals surface area contributed by atoms with Crippen LogP contribution in [0.15, 0.2) is 12.1 Å². The number of aliphatic hydroxyl groups is 1. The number of aryl methyl sites for hydroxylation is 1. The van der Waals surface area contributed by atoms with Gasteiger partial charge in [-0.25, -0.2) is 4.39 Å². The van der Waals surface area contributed by atoms with Gasteiger partial charge < -0.3 is 15.1 Å². The molecule has 0 heterocycles. The summed E-state index contributed by atoms with van der Waals surface area (Å²) in [6, 6.07) is 2.67. The zero-order valence-corrected chi connectivity index (χ0v) is 9.70. The minimum absolute atomic E-state index is 0.0406.